The first kappa shape index (κ1) is 23.0. The van der Waals surface area contributed by atoms with Crippen LogP contribution in [0.4, 0.5) is 0 Å². The second kappa shape index (κ2) is 9.77. The van der Waals surface area contributed by atoms with Crippen molar-refractivity contribution in [1.29, 1.82) is 0 Å². The number of ether oxygens (including phenoxy) is 1. The van der Waals surface area contributed by atoms with Crippen molar-refractivity contribution in [2.24, 2.45) is 0 Å². The molecule has 1 amide bonds. The standard InChI is InChI=1S/C26H28N2O4S/c1-19(2)21-8-11-24(12-9-21)33(30,31)28-14-15-32-25-13-10-22(16-23(25)18-28)26(29)27-17-20-6-4-3-5-7-20/h3-13,16,19H,14-15,17-18H2,1-2H3,(H,27,29). The van der Waals surface area contributed by atoms with Gasteiger partial charge in [0.15, 0.2) is 0 Å². The summed E-state index contributed by atoms with van der Waals surface area (Å²) in [5.74, 6) is 0.707. The zero-order valence-electron chi connectivity index (χ0n) is 18.8. The summed E-state index contributed by atoms with van der Waals surface area (Å²) in [6, 6.07) is 21.8. The lowest BCUT2D eigenvalue weighted by Gasteiger charge is -2.20. The van der Waals surface area contributed by atoms with Crippen molar-refractivity contribution in [3.05, 3.63) is 95.1 Å². The molecule has 6 nitrogen and oxygen atoms in total. The lowest BCUT2D eigenvalue weighted by Crippen LogP contribution is -2.32. The number of hydrogen-bond acceptors (Lipinski definition) is 4. The average molecular weight is 465 g/mol. The lowest BCUT2D eigenvalue weighted by molar-refractivity contribution is 0.0950. The van der Waals surface area contributed by atoms with Crippen LogP contribution in [-0.4, -0.2) is 31.8 Å². The Bertz CT molecular complexity index is 1220. The largest absolute Gasteiger partial charge is 0.492 e. The first-order valence-corrected chi connectivity index (χ1v) is 12.5. The molecule has 1 aliphatic heterocycles. The minimum atomic E-state index is -3.70. The van der Waals surface area contributed by atoms with Crippen molar-refractivity contribution in [2.45, 2.75) is 37.8 Å². The quantitative estimate of drug-likeness (QED) is 0.589. The summed E-state index contributed by atoms with van der Waals surface area (Å²) >= 11 is 0. The van der Waals surface area contributed by atoms with Gasteiger partial charge in [0.1, 0.15) is 12.4 Å². The Labute approximate surface area is 195 Å². The summed E-state index contributed by atoms with van der Waals surface area (Å²) in [6.45, 7) is 5.18. The van der Waals surface area contributed by atoms with Crippen LogP contribution in [0, 0.1) is 0 Å². The minimum absolute atomic E-state index is 0.142. The highest BCUT2D eigenvalue weighted by atomic mass is 32.2. The first-order chi connectivity index (χ1) is 15.8. The number of carbonyl (C=O) groups is 1. The molecule has 7 heteroatoms. The molecule has 0 spiro atoms. The van der Waals surface area contributed by atoms with Crippen LogP contribution in [0.25, 0.3) is 0 Å². The average Bonchev–Trinajstić information content (AvgIpc) is 3.05. The number of amides is 1. The molecule has 0 saturated heterocycles. The predicted molar refractivity (Wildman–Crippen MR) is 128 cm³/mol. The highest BCUT2D eigenvalue weighted by Gasteiger charge is 2.28. The number of hydrogen-bond donors (Lipinski definition) is 1. The molecule has 0 fully saturated rings. The van der Waals surface area contributed by atoms with Crippen LogP contribution in [0.1, 0.15) is 46.8 Å². The van der Waals surface area contributed by atoms with Crippen molar-refractivity contribution >= 4 is 15.9 Å². The van der Waals surface area contributed by atoms with E-state index in [0.29, 0.717) is 29.3 Å². The Morgan fingerprint density at radius 2 is 1.76 bits per heavy atom. The molecule has 0 saturated carbocycles. The molecule has 3 aromatic carbocycles. The number of benzene rings is 3. The highest BCUT2D eigenvalue weighted by molar-refractivity contribution is 7.89. The Morgan fingerprint density at radius 1 is 1.03 bits per heavy atom. The van der Waals surface area contributed by atoms with E-state index < -0.39 is 10.0 Å². The van der Waals surface area contributed by atoms with Gasteiger partial charge >= 0.3 is 0 Å². The van der Waals surface area contributed by atoms with E-state index in [9.17, 15) is 13.2 Å². The van der Waals surface area contributed by atoms with Crippen molar-refractivity contribution in [2.75, 3.05) is 13.2 Å². The topological polar surface area (TPSA) is 75.7 Å². The van der Waals surface area contributed by atoms with Gasteiger partial charge in [-0.05, 0) is 47.4 Å². The molecule has 172 valence electrons. The highest BCUT2D eigenvalue weighted by Crippen LogP contribution is 2.28. The number of nitrogens with zero attached hydrogens (tertiary/aromatic N) is 1. The number of carbonyl (C=O) groups excluding carboxylic acids is 1. The fourth-order valence-corrected chi connectivity index (χ4v) is 5.17. The molecular formula is C26H28N2O4S. The molecule has 0 radical (unpaired) electrons. The van der Waals surface area contributed by atoms with Crippen LogP contribution in [0.2, 0.25) is 0 Å². The van der Waals surface area contributed by atoms with Crippen LogP contribution in [0.15, 0.2) is 77.7 Å². The summed E-state index contributed by atoms with van der Waals surface area (Å²) in [7, 11) is -3.70. The summed E-state index contributed by atoms with van der Waals surface area (Å²) < 4.78 is 33.8. The van der Waals surface area contributed by atoms with Gasteiger partial charge in [-0.3, -0.25) is 4.79 Å². The van der Waals surface area contributed by atoms with Gasteiger partial charge in [0, 0.05) is 30.8 Å². The molecular weight excluding hydrogens is 436 g/mol. The summed E-state index contributed by atoms with van der Waals surface area (Å²) in [4.78, 5) is 12.9. The van der Waals surface area contributed by atoms with E-state index in [2.05, 4.69) is 19.2 Å². The van der Waals surface area contributed by atoms with Crippen LogP contribution < -0.4 is 10.1 Å². The van der Waals surface area contributed by atoms with E-state index >= 15 is 0 Å². The van der Waals surface area contributed by atoms with Gasteiger partial charge in [0.05, 0.1) is 4.90 Å². The molecule has 4 rings (SSSR count). The number of fused-ring (bicyclic) bond motifs is 1. The molecule has 3 aromatic rings. The maximum Gasteiger partial charge on any atom is 0.251 e. The normalized spacial score (nSPS) is 14.3. The second-order valence-corrected chi connectivity index (χ2v) is 10.3. The van der Waals surface area contributed by atoms with Crippen LogP contribution in [-0.2, 0) is 23.1 Å². The molecule has 0 aliphatic carbocycles. The minimum Gasteiger partial charge on any atom is -0.492 e. The van der Waals surface area contributed by atoms with Gasteiger partial charge in [0.25, 0.3) is 5.91 Å². The number of nitrogens with one attached hydrogen (secondary N) is 1. The van der Waals surface area contributed by atoms with Crippen molar-refractivity contribution in [3.63, 3.8) is 0 Å². The molecule has 0 atom stereocenters. The van der Waals surface area contributed by atoms with Crippen LogP contribution in [0.3, 0.4) is 0 Å². The Morgan fingerprint density at radius 3 is 2.45 bits per heavy atom. The van der Waals surface area contributed by atoms with Gasteiger partial charge in [-0.1, -0.05) is 56.3 Å². The van der Waals surface area contributed by atoms with E-state index in [-0.39, 0.29) is 30.5 Å². The van der Waals surface area contributed by atoms with Gasteiger partial charge in [-0.15, -0.1) is 0 Å². The van der Waals surface area contributed by atoms with Gasteiger partial charge in [-0.25, -0.2) is 8.42 Å². The fraction of sp³-hybridized carbons (Fsp3) is 0.269. The SMILES string of the molecule is CC(C)c1ccc(S(=O)(=O)N2CCOc3ccc(C(=O)NCc4ccccc4)cc3C2)cc1. The monoisotopic (exact) mass is 464 g/mol. The summed E-state index contributed by atoms with van der Waals surface area (Å²) in [6.07, 6.45) is 0. The lowest BCUT2D eigenvalue weighted by atomic mass is 10.0. The Hall–Kier alpha value is -3.16. The van der Waals surface area contributed by atoms with Crippen molar-refractivity contribution in [3.8, 4) is 5.75 Å². The van der Waals surface area contributed by atoms with Gasteiger partial charge < -0.3 is 10.1 Å². The molecule has 1 aliphatic rings. The molecule has 33 heavy (non-hydrogen) atoms. The number of sulfonamides is 1. The Kier molecular flexibility index (Phi) is 6.81. The molecule has 0 aromatic heterocycles. The molecule has 1 heterocycles. The first-order valence-electron chi connectivity index (χ1n) is 11.0. The van der Waals surface area contributed by atoms with Crippen LogP contribution in [0.5, 0.6) is 5.75 Å². The molecule has 0 unspecified atom stereocenters. The summed E-state index contributed by atoms with van der Waals surface area (Å²) in [5, 5.41) is 2.91. The summed E-state index contributed by atoms with van der Waals surface area (Å²) in [5.41, 5.74) is 3.23. The second-order valence-electron chi connectivity index (χ2n) is 8.40. The molecule has 0 bridgehead atoms. The van der Waals surface area contributed by atoms with E-state index in [1.807, 2.05) is 42.5 Å². The third kappa shape index (κ3) is 5.26. The maximum atomic E-state index is 13.3. The van der Waals surface area contributed by atoms with E-state index in [4.69, 9.17) is 4.74 Å². The Balaban J connectivity index is 1.53. The zero-order chi connectivity index (χ0) is 23.4. The zero-order valence-corrected chi connectivity index (χ0v) is 19.6. The van der Waals surface area contributed by atoms with Crippen molar-refractivity contribution < 1.29 is 17.9 Å². The predicted octanol–water partition coefficient (Wildman–Crippen LogP) is 4.32. The smallest absolute Gasteiger partial charge is 0.251 e. The van der Waals surface area contributed by atoms with E-state index in [1.165, 1.54) is 4.31 Å². The number of rotatable bonds is 6. The van der Waals surface area contributed by atoms with Gasteiger partial charge in [-0.2, -0.15) is 4.31 Å². The van der Waals surface area contributed by atoms with Crippen molar-refractivity contribution in [1.82, 2.24) is 9.62 Å². The maximum absolute atomic E-state index is 13.3. The third-order valence-corrected chi connectivity index (χ3v) is 7.61. The molecule has 1 N–H and O–H groups in total. The van der Waals surface area contributed by atoms with Gasteiger partial charge in [0.2, 0.25) is 10.0 Å². The van der Waals surface area contributed by atoms with E-state index in [0.717, 1.165) is 11.1 Å². The third-order valence-electron chi connectivity index (χ3n) is 5.75. The fourth-order valence-electron chi connectivity index (χ4n) is 3.77. The van der Waals surface area contributed by atoms with Crippen LogP contribution >= 0.6 is 0 Å². The van der Waals surface area contributed by atoms with E-state index in [1.54, 1.807) is 30.3 Å².